The molecule has 3 rings (SSSR count). The number of nitrogens with zero attached hydrogens (tertiary/aromatic N) is 2. The second kappa shape index (κ2) is 9.07. The van der Waals surface area contributed by atoms with Crippen molar-refractivity contribution in [2.24, 2.45) is 0 Å². The van der Waals surface area contributed by atoms with Gasteiger partial charge in [-0.05, 0) is 48.4 Å². The third-order valence-electron chi connectivity index (χ3n) is 4.47. The van der Waals surface area contributed by atoms with Crippen LogP contribution in [0.5, 0.6) is 5.75 Å². The topological polar surface area (TPSA) is 84.1 Å². The monoisotopic (exact) mass is 471 g/mol. The smallest absolute Gasteiger partial charge is 0.308 e. The maximum atomic E-state index is 12.6. The van der Waals surface area contributed by atoms with Gasteiger partial charge in [0.25, 0.3) is 5.91 Å². The number of amides is 1. The quantitative estimate of drug-likeness (QED) is 0.591. The van der Waals surface area contributed by atoms with Crippen molar-refractivity contribution >= 4 is 33.2 Å². The second-order valence-electron chi connectivity index (χ2n) is 6.32. The molecule has 148 valence electrons. The van der Waals surface area contributed by atoms with Crippen LogP contribution in [0.3, 0.4) is 0 Å². The van der Waals surface area contributed by atoms with Crippen LogP contribution in [0.15, 0.2) is 51.7 Å². The van der Waals surface area contributed by atoms with E-state index in [2.05, 4.69) is 27.3 Å². The van der Waals surface area contributed by atoms with Crippen LogP contribution in [0.2, 0.25) is 0 Å². The minimum atomic E-state index is -0.294. The minimum Gasteiger partial charge on any atom is -0.497 e. The molecule has 8 heteroatoms. The molecule has 0 atom stereocenters. The van der Waals surface area contributed by atoms with Gasteiger partial charge in [-0.25, -0.2) is 0 Å². The fraction of sp³-hybridized carbons (Fsp3) is 0.190. The highest BCUT2D eigenvalue weighted by Crippen LogP contribution is 2.24. The van der Waals surface area contributed by atoms with Gasteiger partial charge < -0.3 is 10.1 Å². The summed E-state index contributed by atoms with van der Waals surface area (Å²) in [5.74, 6) is 0.405. The first-order valence-corrected chi connectivity index (χ1v) is 10.3. The summed E-state index contributed by atoms with van der Waals surface area (Å²) in [7, 11) is 1.59. The molecule has 0 aliphatic carbocycles. The van der Waals surface area contributed by atoms with Crippen LogP contribution in [-0.2, 0) is 13.1 Å². The summed E-state index contributed by atoms with van der Waals surface area (Å²) in [5, 5.41) is 11.7. The van der Waals surface area contributed by atoms with Gasteiger partial charge in [0.15, 0.2) is 0 Å². The van der Waals surface area contributed by atoms with Gasteiger partial charge in [-0.2, -0.15) is 5.26 Å². The second-order valence-corrected chi connectivity index (χ2v) is 8.13. The van der Waals surface area contributed by atoms with Crippen molar-refractivity contribution in [3.05, 3.63) is 83.9 Å². The zero-order valence-corrected chi connectivity index (χ0v) is 18.3. The molecule has 0 saturated carbocycles. The van der Waals surface area contributed by atoms with E-state index in [4.69, 9.17) is 10.00 Å². The molecule has 6 nitrogen and oxygen atoms in total. The number of nitriles is 1. The lowest BCUT2D eigenvalue weighted by Crippen LogP contribution is -2.23. The molecule has 2 aromatic carbocycles. The van der Waals surface area contributed by atoms with Crippen LogP contribution in [0.1, 0.15) is 32.1 Å². The van der Waals surface area contributed by atoms with E-state index in [1.54, 1.807) is 42.9 Å². The Labute approximate surface area is 180 Å². The summed E-state index contributed by atoms with van der Waals surface area (Å²) >= 11 is 4.43. The molecule has 0 bridgehead atoms. The summed E-state index contributed by atoms with van der Waals surface area (Å²) in [4.78, 5) is 25.3. The zero-order chi connectivity index (χ0) is 21.0. The van der Waals surface area contributed by atoms with E-state index in [0.717, 1.165) is 26.9 Å². The SMILES string of the molecule is COc1ccc(Br)c(Cn2c(C)c(C(=O)NCc3ccc(C#N)cc3)sc2=O)c1. The third kappa shape index (κ3) is 4.75. The molecular weight excluding hydrogens is 454 g/mol. The number of methoxy groups -OCH3 is 1. The molecule has 1 heterocycles. The van der Waals surface area contributed by atoms with E-state index in [9.17, 15) is 9.59 Å². The molecule has 0 radical (unpaired) electrons. The molecular formula is C21H18BrN3O3S. The molecule has 0 aliphatic rings. The molecule has 0 spiro atoms. The lowest BCUT2D eigenvalue weighted by molar-refractivity contribution is 0.0954. The number of thiazole rings is 1. The van der Waals surface area contributed by atoms with Crippen molar-refractivity contribution < 1.29 is 9.53 Å². The molecule has 0 fully saturated rings. The van der Waals surface area contributed by atoms with Crippen LogP contribution in [0.25, 0.3) is 0 Å². The van der Waals surface area contributed by atoms with E-state index in [1.807, 2.05) is 18.2 Å². The fourth-order valence-corrected chi connectivity index (χ4v) is 4.08. The molecule has 0 unspecified atom stereocenters. The maximum absolute atomic E-state index is 12.6. The van der Waals surface area contributed by atoms with Crippen molar-refractivity contribution in [1.29, 1.82) is 5.26 Å². The number of nitrogens with one attached hydrogen (secondary N) is 1. The number of hydrogen-bond donors (Lipinski definition) is 1. The highest BCUT2D eigenvalue weighted by Gasteiger charge is 2.18. The molecule has 0 aliphatic heterocycles. The Balaban J connectivity index is 1.77. The third-order valence-corrected chi connectivity index (χ3v) is 6.32. The average Bonchev–Trinajstić information content (AvgIpc) is 3.02. The van der Waals surface area contributed by atoms with Gasteiger partial charge in [0.1, 0.15) is 10.6 Å². The number of aromatic nitrogens is 1. The van der Waals surface area contributed by atoms with Gasteiger partial charge in [-0.1, -0.05) is 39.4 Å². The summed E-state index contributed by atoms with van der Waals surface area (Å²) in [6.07, 6.45) is 0. The number of rotatable bonds is 6. The standard InChI is InChI=1S/C21H18BrN3O3S/c1-13-19(20(26)24-11-15-5-3-14(10-23)4-6-15)29-21(27)25(13)12-16-9-17(28-2)7-8-18(16)22/h3-9H,11-12H2,1-2H3,(H,24,26). The molecule has 1 aromatic heterocycles. The maximum Gasteiger partial charge on any atom is 0.308 e. The van der Waals surface area contributed by atoms with Gasteiger partial charge in [-0.15, -0.1) is 0 Å². The number of hydrogen-bond acceptors (Lipinski definition) is 5. The van der Waals surface area contributed by atoms with E-state index >= 15 is 0 Å². The summed E-state index contributed by atoms with van der Waals surface area (Å²) in [6.45, 7) is 2.42. The minimum absolute atomic E-state index is 0.194. The van der Waals surface area contributed by atoms with Gasteiger partial charge in [0, 0.05) is 16.7 Å². The molecule has 0 saturated heterocycles. The Morgan fingerprint density at radius 3 is 2.66 bits per heavy atom. The Kier molecular flexibility index (Phi) is 6.52. The molecule has 29 heavy (non-hydrogen) atoms. The van der Waals surface area contributed by atoms with Crippen LogP contribution in [0, 0.1) is 18.3 Å². The Hall–Kier alpha value is -2.89. The van der Waals surface area contributed by atoms with E-state index in [0.29, 0.717) is 35.0 Å². The molecule has 3 aromatic rings. The van der Waals surface area contributed by atoms with E-state index in [1.165, 1.54) is 0 Å². The Morgan fingerprint density at radius 1 is 1.28 bits per heavy atom. The predicted molar refractivity (Wildman–Crippen MR) is 115 cm³/mol. The number of halogens is 1. The van der Waals surface area contributed by atoms with Gasteiger partial charge in [0.2, 0.25) is 0 Å². The first-order valence-electron chi connectivity index (χ1n) is 8.72. The number of ether oxygens (including phenoxy) is 1. The summed E-state index contributed by atoms with van der Waals surface area (Å²) < 4.78 is 7.70. The first-order chi connectivity index (χ1) is 13.9. The van der Waals surface area contributed by atoms with E-state index in [-0.39, 0.29) is 10.8 Å². The molecule has 1 amide bonds. The van der Waals surface area contributed by atoms with Crippen LogP contribution in [-0.4, -0.2) is 17.6 Å². The van der Waals surface area contributed by atoms with Crippen molar-refractivity contribution in [2.45, 2.75) is 20.0 Å². The summed E-state index contributed by atoms with van der Waals surface area (Å²) in [6, 6.07) is 14.6. The van der Waals surface area contributed by atoms with Crippen molar-refractivity contribution in [3.8, 4) is 11.8 Å². The first kappa shape index (κ1) is 20.8. The van der Waals surface area contributed by atoms with Gasteiger partial charge in [0.05, 0.1) is 25.3 Å². The van der Waals surface area contributed by atoms with Crippen molar-refractivity contribution in [2.75, 3.05) is 7.11 Å². The fourth-order valence-electron chi connectivity index (χ4n) is 2.80. The number of carbonyl (C=O) groups is 1. The number of carbonyl (C=O) groups excluding carboxylic acids is 1. The van der Waals surface area contributed by atoms with Crippen molar-refractivity contribution in [3.63, 3.8) is 0 Å². The summed E-state index contributed by atoms with van der Waals surface area (Å²) in [5.41, 5.74) is 2.95. The van der Waals surface area contributed by atoms with Crippen LogP contribution in [0.4, 0.5) is 0 Å². The lowest BCUT2D eigenvalue weighted by Gasteiger charge is -2.10. The average molecular weight is 472 g/mol. The molecule has 1 N–H and O–H groups in total. The van der Waals surface area contributed by atoms with E-state index < -0.39 is 0 Å². The van der Waals surface area contributed by atoms with Gasteiger partial charge >= 0.3 is 4.87 Å². The zero-order valence-electron chi connectivity index (χ0n) is 15.9. The van der Waals surface area contributed by atoms with Crippen molar-refractivity contribution in [1.82, 2.24) is 9.88 Å². The van der Waals surface area contributed by atoms with Crippen LogP contribution < -0.4 is 14.9 Å². The lowest BCUT2D eigenvalue weighted by atomic mass is 10.1. The normalized spacial score (nSPS) is 10.4. The highest BCUT2D eigenvalue weighted by atomic mass is 79.9. The largest absolute Gasteiger partial charge is 0.497 e. The van der Waals surface area contributed by atoms with Crippen LogP contribution >= 0.6 is 27.3 Å². The van der Waals surface area contributed by atoms with Gasteiger partial charge in [-0.3, -0.25) is 14.2 Å². The highest BCUT2D eigenvalue weighted by molar-refractivity contribution is 9.10. The Bertz CT molecular complexity index is 1140. The number of benzene rings is 2. The predicted octanol–water partition coefficient (Wildman–Crippen LogP) is 3.84. The Morgan fingerprint density at radius 2 is 2.00 bits per heavy atom.